The molecule has 1 aliphatic rings. The van der Waals surface area contributed by atoms with E-state index in [4.69, 9.17) is 10.5 Å². The summed E-state index contributed by atoms with van der Waals surface area (Å²) in [7, 11) is -0.818. The molecule has 208 valence electrons. The first-order chi connectivity index (χ1) is 18.0. The zero-order valence-electron chi connectivity index (χ0n) is 22.2. The van der Waals surface area contributed by atoms with Gasteiger partial charge in [0, 0.05) is 19.5 Å². The number of amides is 3. The number of nitrogens with two attached hydrogens (primary N) is 1. The van der Waals surface area contributed by atoms with Crippen LogP contribution in [0.25, 0.3) is 0 Å². The molecule has 38 heavy (non-hydrogen) atoms. The molecule has 0 saturated carbocycles. The van der Waals surface area contributed by atoms with Gasteiger partial charge in [-0.25, -0.2) is 13.1 Å². The van der Waals surface area contributed by atoms with Crippen LogP contribution in [0.4, 0.5) is 5.69 Å². The molecular formula is C25H36N6O6S. The molecule has 0 radical (unpaired) electrons. The summed E-state index contributed by atoms with van der Waals surface area (Å²) in [5.41, 5.74) is 6.11. The Hall–Kier alpha value is -3.45. The van der Waals surface area contributed by atoms with Gasteiger partial charge < -0.3 is 20.7 Å². The van der Waals surface area contributed by atoms with Gasteiger partial charge in [-0.2, -0.15) is 5.10 Å². The van der Waals surface area contributed by atoms with E-state index in [1.165, 1.54) is 16.8 Å². The third-order valence-corrected chi connectivity index (χ3v) is 7.76. The smallest absolute Gasteiger partial charge is 0.269 e. The molecule has 1 aliphatic heterocycles. The van der Waals surface area contributed by atoms with Crippen LogP contribution in [0.3, 0.4) is 0 Å². The molecular weight excluding hydrogens is 512 g/mol. The third kappa shape index (κ3) is 6.70. The molecule has 1 aromatic heterocycles. The fraction of sp³-hybridized carbons (Fsp3) is 0.520. The van der Waals surface area contributed by atoms with Crippen molar-refractivity contribution in [2.24, 2.45) is 12.8 Å². The monoisotopic (exact) mass is 548 g/mol. The number of carbonyl (C=O) groups excluding carboxylic acids is 3. The summed E-state index contributed by atoms with van der Waals surface area (Å²) in [5, 5.41) is 6.98. The Morgan fingerprint density at radius 3 is 2.53 bits per heavy atom. The van der Waals surface area contributed by atoms with E-state index in [0.29, 0.717) is 31.6 Å². The lowest BCUT2D eigenvalue weighted by Crippen LogP contribution is -2.36. The van der Waals surface area contributed by atoms with Crippen molar-refractivity contribution in [2.75, 3.05) is 25.5 Å². The van der Waals surface area contributed by atoms with Crippen LogP contribution >= 0.6 is 0 Å². The largest absolute Gasteiger partial charge is 0.493 e. The van der Waals surface area contributed by atoms with Crippen LogP contribution in [0.5, 0.6) is 5.75 Å². The van der Waals surface area contributed by atoms with Crippen molar-refractivity contribution in [3.63, 3.8) is 0 Å². The normalized spacial score (nSPS) is 15.8. The van der Waals surface area contributed by atoms with E-state index in [-0.39, 0.29) is 40.1 Å². The average Bonchev–Trinajstić information content (AvgIpc) is 3.38. The van der Waals surface area contributed by atoms with Crippen molar-refractivity contribution in [1.29, 1.82) is 0 Å². The lowest BCUT2D eigenvalue weighted by molar-refractivity contribution is -0.120. The molecule has 13 heteroatoms. The van der Waals surface area contributed by atoms with Gasteiger partial charge in [-0.05, 0) is 57.5 Å². The Kier molecular flexibility index (Phi) is 9.50. The maximum atomic E-state index is 13.4. The molecule has 1 atom stereocenters. The summed E-state index contributed by atoms with van der Waals surface area (Å²) in [5.74, 6) is -1.94. The number of sulfonamides is 1. The maximum Gasteiger partial charge on any atom is 0.269 e. The summed E-state index contributed by atoms with van der Waals surface area (Å²) < 4.78 is 35.2. The van der Waals surface area contributed by atoms with Gasteiger partial charge in [0.2, 0.25) is 5.91 Å². The first-order valence-corrected chi connectivity index (χ1v) is 14.2. The number of benzene rings is 1. The van der Waals surface area contributed by atoms with Crippen molar-refractivity contribution in [3.8, 4) is 5.75 Å². The molecule has 4 N–H and O–H groups in total. The number of likely N-dealkylation sites (tertiary alicyclic amines) is 1. The molecule has 12 nitrogen and oxygen atoms in total. The van der Waals surface area contributed by atoms with Crippen LogP contribution in [-0.4, -0.2) is 67.1 Å². The van der Waals surface area contributed by atoms with Gasteiger partial charge in [-0.15, -0.1) is 0 Å². The van der Waals surface area contributed by atoms with Crippen molar-refractivity contribution in [3.05, 3.63) is 35.2 Å². The van der Waals surface area contributed by atoms with Crippen molar-refractivity contribution < 1.29 is 27.5 Å². The number of ether oxygens (including phenoxy) is 1. The molecule has 0 bridgehead atoms. The maximum absolute atomic E-state index is 13.4. The predicted molar refractivity (Wildman–Crippen MR) is 141 cm³/mol. The number of anilines is 1. The van der Waals surface area contributed by atoms with E-state index >= 15 is 0 Å². The lowest BCUT2D eigenvalue weighted by Gasteiger charge is -2.19. The van der Waals surface area contributed by atoms with Crippen molar-refractivity contribution in [2.45, 2.75) is 63.3 Å². The first-order valence-electron chi connectivity index (χ1n) is 12.7. The van der Waals surface area contributed by atoms with Crippen LogP contribution in [0.15, 0.2) is 23.1 Å². The van der Waals surface area contributed by atoms with Crippen LogP contribution in [0, 0.1) is 0 Å². The number of primary amides is 1. The predicted octanol–water partition coefficient (Wildman–Crippen LogP) is 1.80. The summed E-state index contributed by atoms with van der Waals surface area (Å²) in [6.45, 7) is 4.96. The Labute approximate surface area is 222 Å². The minimum absolute atomic E-state index is 0.0192. The topological polar surface area (TPSA) is 166 Å². The van der Waals surface area contributed by atoms with Gasteiger partial charge in [-0.1, -0.05) is 20.3 Å². The second-order valence-electron chi connectivity index (χ2n) is 9.38. The van der Waals surface area contributed by atoms with E-state index in [1.54, 1.807) is 7.05 Å². The molecule has 1 unspecified atom stereocenters. The van der Waals surface area contributed by atoms with Gasteiger partial charge >= 0.3 is 0 Å². The zero-order chi connectivity index (χ0) is 28.0. The van der Waals surface area contributed by atoms with E-state index in [1.807, 2.05) is 25.8 Å². The number of hydrogen-bond donors (Lipinski definition) is 3. The minimum Gasteiger partial charge on any atom is -0.493 e. The summed E-state index contributed by atoms with van der Waals surface area (Å²) >= 11 is 0. The van der Waals surface area contributed by atoms with Gasteiger partial charge in [0.1, 0.15) is 11.4 Å². The Balaban J connectivity index is 1.93. The van der Waals surface area contributed by atoms with E-state index in [0.717, 1.165) is 25.5 Å². The molecule has 0 spiro atoms. The summed E-state index contributed by atoms with van der Waals surface area (Å²) in [6.07, 6.45) is 3.66. The molecule has 1 aromatic carbocycles. The average molecular weight is 549 g/mol. The summed E-state index contributed by atoms with van der Waals surface area (Å²) in [4.78, 5) is 39.8. The highest BCUT2D eigenvalue weighted by atomic mass is 32.2. The summed E-state index contributed by atoms with van der Waals surface area (Å²) in [6, 6.07) is 3.78. The Morgan fingerprint density at radius 1 is 1.18 bits per heavy atom. The van der Waals surface area contributed by atoms with Gasteiger partial charge in [0.25, 0.3) is 21.8 Å². The van der Waals surface area contributed by atoms with Crippen molar-refractivity contribution >= 4 is 33.4 Å². The second-order valence-corrected chi connectivity index (χ2v) is 11.1. The molecule has 3 rings (SSSR count). The van der Waals surface area contributed by atoms with E-state index in [9.17, 15) is 22.8 Å². The number of nitrogens with zero attached hydrogens (tertiary/aromatic N) is 3. The van der Waals surface area contributed by atoms with Crippen LogP contribution in [0.2, 0.25) is 0 Å². The Morgan fingerprint density at radius 2 is 1.92 bits per heavy atom. The number of carbonyl (C=O) groups is 3. The fourth-order valence-electron chi connectivity index (χ4n) is 4.48. The van der Waals surface area contributed by atoms with Crippen LogP contribution < -0.4 is 20.5 Å². The number of nitrogens with one attached hydrogen (secondary N) is 2. The quantitative estimate of drug-likeness (QED) is 0.361. The fourth-order valence-corrected chi connectivity index (χ4v) is 5.50. The molecule has 1 fully saturated rings. The van der Waals surface area contributed by atoms with E-state index < -0.39 is 27.7 Å². The van der Waals surface area contributed by atoms with Gasteiger partial charge in [0.05, 0.1) is 28.4 Å². The molecule has 0 aliphatic carbocycles. The third-order valence-electron chi connectivity index (χ3n) is 6.39. The van der Waals surface area contributed by atoms with Crippen LogP contribution in [-0.2, 0) is 28.3 Å². The number of rotatable bonds is 12. The number of hydrogen-bond acceptors (Lipinski definition) is 8. The highest BCUT2D eigenvalue weighted by Crippen LogP contribution is 2.27. The molecule has 3 amide bonds. The number of aryl methyl sites for hydroxylation is 2. The molecule has 2 aromatic rings. The highest BCUT2D eigenvalue weighted by molar-refractivity contribution is 7.90. The zero-order valence-corrected chi connectivity index (χ0v) is 23.1. The number of aromatic nitrogens is 2. The standard InChI is InChI=1S/C25H36N6O6S/c1-5-8-19-22(23(24(26)33)31(4)28-19)27-25(34)18-15-17(10-11-20(18)37-13-6-2)38(35,36)29-21(32)14-16-9-7-12-30(16)3/h10-11,15-16H,5-9,12-14H2,1-4H3,(H2,26,33)(H,27,34)(H,29,32). The first kappa shape index (κ1) is 29.1. The van der Waals surface area contributed by atoms with Gasteiger partial charge in [-0.3, -0.25) is 19.1 Å². The minimum atomic E-state index is -4.26. The SMILES string of the molecule is CCCOc1ccc(S(=O)(=O)NC(=O)CC2CCCN2C)cc1C(=O)Nc1c(CCC)nn(C)c1C(N)=O. The van der Waals surface area contributed by atoms with Gasteiger partial charge in [0.15, 0.2) is 0 Å². The van der Waals surface area contributed by atoms with E-state index in [2.05, 4.69) is 15.1 Å². The van der Waals surface area contributed by atoms with Crippen molar-refractivity contribution in [1.82, 2.24) is 19.4 Å². The van der Waals surface area contributed by atoms with Crippen LogP contribution in [0.1, 0.15) is 72.5 Å². The molecule has 1 saturated heterocycles. The highest BCUT2D eigenvalue weighted by Gasteiger charge is 2.28. The second kappa shape index (κ2) is 12.4. The lowest BCUT2D eigenvalue weighted by atomic mass is 10.1. The molecule has 2 heterocycles. The Bertz CT molecular complexity index is 1310.